The molecule has 0 fully saturated rings. The molecule has 6 heteroatoms. The van der Waals surface area contributed by atoms with Gasteiger partial charge in [-0.05, 0) is 42.3 Å². The molecule has 1 amide bonds. The predicted molar refractivity (Wildman–Crippen MR) is 97.6 cm³/mol. The lowest BCUT2D eigenvalue weighted by Crippen LogP contribution is -2.23. The summed E-state index contributed by atoms with van der Waals surface area (Å²) in [6, 6.07) is 15.4. The van der Waals surface area contributed by atoms with E-state index in [-0.39, 0.29) is 5.91 Å². The Labute approximate surface area is 152 Å². The first-order valence-electron chi connectivity index (χ1n) is 8.44. The maximum absolute atomic E-state index is 12.0. The summed E-state index contributed by atoms with van der Waals surface area (Å²) in [4.78, 5) is 16.4. The van der Waals surface area contributed by atoms with Gasteiger partial charge in [0.25, 0.3) is 0 Å². The van der Waals surface area contributed by atoms with Gasteiger partial charge in [0.15, 0.2) is 0 Å². The number of carbonyl (C=O) groups is 1. The Hall–Kier alpha value is -3.15. The highest BCUT2D eigenvalue weighted by Gasteiger charge is 2.11. The molecule has 3 rings (SSSR count). The maximum Gasteiger partial charge on any atom is 0.227 e. The Bertz CT molecular complexity index is 872. The molecular weight excluding hydrogens is 330 g/mol. The van der Waals surface area contributed by atoms with Crippen LogP contribution in [0.4, 0.5) is 0 Å². The SMILES string of the molecule is COc1ccc(-c2noc(CCC(=O)NCc3ccccc3C)n2)cc1. The van der Waals surface area contributed by atoms with Crippen molar-refractivity contribution in [3.63, 3.8) is 0 Å². The molecule has 26 heavy (non-hydrogen) atoms. The van der Waals surface area contributed by atoms with E-state index in [0.717, 1.165) is 22.4 Å². The van der Waals surface area contributed by atoms with Gasteiger partial charge < -0.3 is 14.6 Å². The normalized spacial score (nSPS) is 10.5. The zero-order valence-corrected chi connectivity index (χ0v) is 14.9. The first-order valence-corrected chi connectivity index (χ1v) is 8.44. The zero-order valence-electron chi connectivity index (χ0n) is 14.9. The lowest BCUT2D eigenvalue weighted by atomic mass is 10.1. The standard InChI is InChI=1S/C20H21N3O3/c1-14-5-3-4-6-16(14)13-21-18(24)11-12-19-22-20(23-26-19)15-7-9-17(25-2)10-8-15/h3-10H,11-13H2,1-2H3,(H,21,24). The van der Waals surface area contributed by atoms with E-state index in [1.165, 1.54) is 0 Å². The fourth-order valence-electron chi connectivity index (χ4n) is 2.52. The quantitative estimate of drug-likeness (QED) is 0.707. The van der Waals surface area contributed by atoms with Gasteiger partial charge in [-0.2, -0.15) is 4.98 Å². The molecular formula is C20H21N3O3. The number of hydrogen-bond acceptors (Lipinski definition) is 5. The lowest BCUT2D eigenvalue weighted by Gasteiger charge is -2.07. The summed E-state index contributed by atoms with van der Waals surface area (Å²) in [7, 11) is 1.62. The Kier molecular flexibility index (Phi) is 5.63. The van der Waals surface area contributed by atoms with Gasteiger partial charge >= 0.3 is 0 Å². The molecule has 2 aromatic carbocycles. The Morgan fingerprint density at radius 3 is 2.65 bits per heavy atom. The minimum absolute atomic E-state index is 0.0440. The summed E-state index contributed by atoms with van der Waals surface area (Å²) < 4.78 is 10.4. The number of nitrogens with one attached hydrogen (secondary N) is 1. The van der Waals surface area contributed by atoms with Gasteiger partial charge in [0, 0.05) is 24.9 Å². The van der Waals surface area contributed by atoms with Crippen LogP contribution in [0, 0.1) is 6.92 Å². The van der Waals surface area contributed by atoms with Crippen LogP contribution in [0.2, 0.25) is 0 Å². The Balaban J connectivity index is 1.51. The van der Waals surface area contributed by atoms with Gasteiger partial charge in [0.1, 0.15) is 5.75 Å². The number of ether oxygens (including phenoxy) is 1. The number of rotatable bonds is 7. The van der Waals surface area contributed by atoms with Gasteiger partial charge in [-0.1, -0.05) is 29.4 Å². The minimum Gasteiger partial charge on any atom is -0.497 e. The molecule has 0 saturated heterocycles. The van der Waals surface area contributed by atoms with E-state index in [4.69, 9.17) is 9.26 Å². The molecule has 1 heterocycles. The van der Waals surface area contributed by atoms with Crippen molar-refractivity contribution in [3.05, 3.63) is 65.5 Å². The monoisotopic (exact) mass is 351 g/mol. The highest BCUT2D eigenvalue weighted by Crippen LogP contribution is 2.20. The van der Waals surface area contributed by atoms with Crippen molar-refractivity contribution in [2.75, 3.05) is 7.11 Å². The van der Waals surface area contributed by atoms with Crippen LogP contribution in [0.25, 0.3) is 11.4 Å². The van der Waals surface area contributed by atoms with Gasteiger partial charge in [-0.3, -0.25) is 4.79 Å². The van der Waals surface area contributed by atoms with E-state index >= 15 is 0 Å². The average Bonchev–Trinajstić information content (AvgIpc) is 3.15. The van der Waals surface area contributed by atoms with E-state index in [0.29, 0.717) is 31.1 Å². The second-order valence-electron chi connectivity index (χ2n) is 5.94. The number of hydrogen-bond donors (Lipinski definition) is 1. The summed E-state index contributed by atoms with van der Waals surface area (Å²) >= 11 is 0. The van der Waals surface area contributed by atoms with Crippen molar-refractivity contribution in [1.82, 2.24) is 15.5 Å². The number of aryl methyl sites for hydroxylation is 2. The molecule has 0 aliphatic carbocycles. The van der Waals surface area contributed by atoms with Crippen molar-refractivity contribution < 1.29 is 14.1 Å². The third-order valence-corrected chi connectivity index (χ3v) is 4.12. The Morgan fingerprint density at radius 2 is 1.92 bits per heavy atom. The zero-order chi connectivity index (χ0) is 18.4. The second-order valence-corrected chi connectivity index (χ2v) is 5.94. The lowest BCUT2D eigenvalue weighted by molar-refractivity contribution is -0.121. The summed E-state index contributed by atoms with van der Waals surface area (Å²) in [5, 5.41) is 6.88. The van der Waals surface area contributed by atoms with Gasteiger partial charge in [0.2, 0.25) is 17.6 Å². The number of aromatic nitrogens is 2. The number of carbonyl (C=O) groups excluding carboxylic acids is 1. The summed E-state index contributed by atoms with van der Waals surface area (Å²) in [6.07, 6.45) is 0.707. The van der Waals surface area contributed by atoms with E-state index in [2.05, 4.69) is 15.5 Å². The van der Waals surface area contributed by atoms with E-state index in [9.17, 15) is 4.79 Å². The fourth-order valence-corrected chi connectivity index (χ4v) is 2.52. The van der Waals surface area contributed by atoms with Gasteiger partial charge in [-0.25, -0.2) is 0 Å². The van der Waals surface area contributed by atoms with Crippen LogP contribution in [0.3, 0.4) is 0 Å². The molecule has 0 saturated carbocycles. The van der Waals surface area contributed by atoms with Crippen molar-refractivity contribution in [1.29, 1.82) is 0 Å². The highest BCUT2D eigenvalue weighted by molar-refractivity contribution is 5.76. The maximum atomic E-state index is 12.0. The van der Waals surface area contributed by atoms with Crippen LogP contribution in [0.5, 0.6) is 5.75 Å². The van der Waals surface area contributed by atoms with Gasteiger partial charge in [-0.15, -0.1) is 0 Å². The van der Waals surface area contributed by atoms with Crippen LogP contribution < -0.4 is 10.1 Å². The van der Waals surface area contributed by atoms with Crippen molar-refractivity contribution in [3.8, 4) is 17.1 Å². The summed E-state index contributed by atoms with van der Waals surface area (Å²) in [5.41, 5.74) is 3.11. The largest absolute Gasteiger partial charge is 0.497 e. The van der Waals surface area contributed by atoms with Crippen molar-refractivity contribution in [2.45, 2.75) is 26.3 Å². The molecule has 134 valence electrons. The molecule has 0 bridgehead atoms. The first-order chi connectivity index (χ1) is 12.7. The topological polar surface area (TPSA) is 77.2 Å². The summed E-state index contributed by atoms with van der Waals surface area (Å²) in [5.74, 6) is 1.67. The number of methoxy groups -OCH3 is 1. The number of amides is 1. The molecule has 0 radical (unpaired) electrons. The second kappa shape index (κ2) is 8.29. The van der Waals surface area contributed by atoms with E-state index in [1.807, 2.05) is 55.5 Å². The molecule has 3 aromatic rings. The van der Waals surface area contributed by atoms with Crippen LogP contribution in [-0.4, -0.2) is 23.2 Å². The van der Waals surface area contributed by atoms with Crippen molar-refractivity contribution in [2.24, 2.45) is 0 Å². The van der Waals surface area contributed by atoms with Gasteiger partial charge in [0.05, 0.1) is 7.11 Å². The Morgan fingerprint density at radius 1 is 1.15 bits per heavy atom. The molecule has 6 nitrogen and oxygen atoms in total. The molecule has 0 atom stereocenters. The minimum atomic E-state index is -0.0440. The van der Waals surface area contributed by atoms with Crippen molar-refractivity contribution >= 4 is 5.91 Å². The van der Waals surface area contributed by atoms with Crippen LogP contribution in [-0.2, 0) is 17.8 Å². The third kappa shape index (κ3) is 4.47. The molecule has 0 unspecified atom stereocenters. The highest BCUT2D eigenvalue weighted by atomic mass is 16.5. The smallest absolute Gasteiger partial charge is 0.227 e. The average molecular weight is 351 g/mol. The molecule has 0 aliphatic heterocycles. The molecule has 1 N–H and O–H groups in total. The summed E-state index contributed by atoms with van der Waals surface area (Å²) in [6.45, 7) is 2.55. The molecule has 0 aliphatic rings. The fraction of sp³-hybridized carbons (Fsp3) is 0.250. The number of nitrogens with zero attached hydrogens (tertiary/aromatic N) is 2. The van der Waals surface area contributed by atoms with Crippen LogP contribution in [0.1, 0.15) is 23.4 Å². The molecule has 1 aromatic heterocycles. The first kappa shape index (κ1) is 17.7. The molecule has 0 spiro atoms. The third-order valence-electron chi connectivity index (χ3n) is 4.12. The van der Waals surface area contributed by atoms with Crippen LogP contribution >= 0.6 is 0 Å². The predicted octanol–water partition coefficient (Wildman–Crippen LogP) is 3.30. The number of benzene rings is 2. The van der Waals surface area contributed by atoms with E-state index in [1.54, 1.807) is 7.11 Å². The van der Waals surface area contributed by atoms with Crippen LogP contribution in [0.15, 0.2) is 53.1 Å². The van der Waals surface area contributed by atoms with E-state index < -0.39 is 0 Å².